The molecule has 1 aliphatic rings. The van der Waals surface area contributed by atoms with Crippen molar-refractivity contribution < 1.29 is 9.90 Å². The van der Waals surface area contributed by atoms with E-state index in [0.717, 1.165) is 24.2 Å². The summed E-state index contributed by atoms with van der Waals surface area (Å²) in [6.07, 6.45) is 4.42. The normalized spacial score (nSPS) is 14.5. The maximum Gasteiger partial charge on any atom is 0.335 e. The Kier molecular flexibility index (Phi) is 4.71. The van der Waals surface area contributed by atoms with Gasteiger partial charge >= 0.3 is 5.97 Å². The summed E-state index contributed by atoms with van der Waals surface area (Å²) in [7, 11) is 0. The van der Waals surface area contributed by atoms with Gasteiger partial charge in [-0.1, -0.05) is 24.3 Å². The number of aromatic carboxylic acids is 1. The molecule has 0 bridgehead atoms. The summed E-state index contributed by atoms with van der Waals surface area (Å²) in [5, 5.41) is 8.87. The van der Waals surface area contributed by atoms with Crippen LogP contribution in [0.15, 0.2) is 53.5 Å². The van der Waals surface area contributed by atoms with E-state index in [2.05, 4.69) is 34.2 Å². The molecule has 0 spiro atoms. The quantitative estimate of drug-likeness (QED) is 0.859. The Morgan fingerprint density at radius 1 is 1.04 bits per heavy atom. The Hall–Kier alpha value is -2.62. The molecular formula is C19H20N2O2. The fourth-order valence-corrected chi connectivity index (χ4v) is 2.76. The molecule has 2 aromatic rings. The molecule has 1 aliphatic heterocycles. The van der Waals surface area contributed by atoms with Crippen molar-refractivity contribution in [1.82, 2.24) is 0 Å². The highest BCUT2D eigenvalue weighted by molar-refractivity contribution is 5.87. The summed E-state index contributed by atoms with van der Waals surface area (Å²) >= 11 is 0. The van der Waals surface area contributed by atoms with E-state index in [1.54, 1.807) is 24.3 Å². The Morgan fingerprint density at radius 3 is 2.30 bits per heavy atom. The number of benzene rings is 2. The second kappa shape index (κ2) is 7.09. The summed E-state index contributed by atoms with van der Waals surface area (Å²) in [6, 6.07) is 15.3. The Morgan fingerprint density at radius 2 is 1.70 bits per heavy atom. The molecule has 0 aromatic heterocycles. The molecule has 0 amide bonds. The summed E-state index contributed by atoms with van der Waals surface area (Å²) < 4.78 is 0. The number of carbonyl (C=O) groups is 1. The van der Waals surface area contributed by atoms with E-state index < -0.39 is 5.97 Å². The lowest BCUT2D eigenvalue weighted by molar-refractivity contribution is 0.0697. The van der Waals surface area contributed by atoms with Crippen molar-refractivity contribution in [2.75, 3.05) is 18.0 Å². The van der Waals surface area contributed by atoms with Gasteiger partial charge in [-0.2, -0.15) is 0 Å². The van der Waals surface area contributed by atoms with Crippen molar-refractivity contribution in [3.05, 3.63) is 65.2 Å². The van der Waals surface area contributed by atoms with Gasteiger partial charge in [0.25, 0.3) is 0 Å². The van der Waals surface area contributed by atoms with Crippen LogP contribution < -0.4 is 4.90 Å². The number of nitrogens with zero attached hydrogens (tertiary/aromatic N) is 2. The Bertz CT molecular complexity index is 684. The van der Waals surface area contributed by atoms with E-state index in [1.807, 2.05) is 6.21 Å². The van der Waals surface area contributed by atoms with Crippen LogP contribution in [0.2, 0.25) is 0 Å². The number of anilines is 1. The third kappa shape index (κ3) is 3.97. The highest BCUT2D eigenvalue weighted by Gasteiger charge is 2.11. The number of carboxylic acid groups (broad SMARTS) is 1. The van der Waals surface area contributed by atoms with Crippen LogP contribution in [0.4, 0.5) is 5.69 Å². The van der Waals surface area contributed by atoms with Crippen molar-refractivity contribution in [3.8, 4) is 0 Å². The van der Waals surface area contributed by atoms with Crippen LogP contribution in [-0.4, -0.2) is 30.4 Å². The second-order valence-corrected chi connectivity index (χ2v) is 5.76. The van der Waals surface area contributed by atoms with Gasteiger partial charge in [0.1, 0.15) is 0 Å². The van der Waals surface area contributed by atoms with E-state index >= 15 is 0 Å². The van der Waals surface area contributed by atoms with Gasteiger partial charge in [-0.25, -0.2) is 4.79 Å². The SMILES string of the molecule is O=C(O)c1ccc(CN=Cc2ccc(N3CCCC3)cc2)cc1. The molecule has 1 heterocycles. The van der Waals surface area contributed by atoms with Crippen LogP contribution in [0.3, 0.4) is 0 Å². The van der Waals surface area contributed by atoms with E-state index in [-0.39, 0.29) is 0 Å². The topological polar surface area (TPSA) is 52.9 Å². The number of hydrogen-bond acceptors (Lipinski definition) is 3. The molecule has 4 nitrogen and oxygen atoms in total. The summed E-state index contributed by atoms with van der Waals surface area (Å²) in [4.78, 5) is 17.6. The first-order valence-corrected chi connectivity index (χ1v) is 7.89. The molecule has 118 valence electrons. The van der Waals surface area contributed by atoms with Crippen molar-refractivity contribution in [2.45, 2.75) is 19.4 Å². The van der Waals surface area contributed by atoms with Crippen LogP contribution in [-0.2, 0) is 6.54 Å². The van der Waals surface area contributed by atoms with Gasteiger partial charge in [0, 0.05) is 25.0 Å². The maximum absolute atomic E-state index is 10.8. The minimum absolute atomic E-state index is 0.301. The van der Waals surface area contributed by atoms with Gasteiger partial charge in [-0.3, -0.25) is 4.99 Å². The lowest BCUT2D eigenvalue weighted by Gasteiger charge is -2.17. The van der Waals surface area contributed by atoms with E-state index in [0.29, 0.717) is 12.1 Å². The highest BCUT2D eigenvalue weighted by atomic mass is 16.4. The first-order valence-electron chi connectivity index (χ1n) is 7.89. The predicted octanol–water partition coefficient (Wildman–Crippen LogP) is 3.60. The molecule has 0 radical (unpaired) electrons. The molecule has 2 aromatic carbocycles. The van der Waals surface area contributed by atoms with Gasteiger partial charge in [0.15, 0.2) is 0 Å². The average Bonchev–Trinajstić information content (AvgIpc) is 3.10. The molecule has 1 saturated heterocycles. The summed E-state index contributed by atoms with van der Waals surface area (Å²) in [6.45, 7) is 2.85. The Labute approximate surface area is 136 Å². The van der Waals surface area contributed by atoms with Crippen molar-refractivity contribution in [2.24, 2.45) is 4.99 Å². The first kappa shape index (κ1) is 15.3. The molecule has 0 aliphatic carbocycles. The number of hydrogen-bond donors (Lipinski definition) is 1. The van der Waals surface area contributed by atoms with Gasteiger partial charge in [-0.05, 0) is 48.2 Å². The van der Waals surface area contributed by atoms with Crippen LogP contribution in [0.1, 0.15) is 34.3 Å². The van der Waals surface area contributed by atoms with Crippen molar-refractivity contribution >= 4 is 17.9 Å². The molecule has 4 heteroatoms. The van der Waals surface area contributed by atoms with Crippen molar-refractivity contribution in [1.29, 1.82) is 0 Å². The summed E-state index contributed by atoms with van der Waals surface area (Å²) in [5.41, 5.74) is 3.66. The molecule has 3 rings (SSSR count). The number of aliphatic imine (C=N–C) groups is 1. The smallest absolute Gasteiger partial charge is 0.335 e. The fourth-order valence-electron chi connectivity index (χ4n) is 2.76. The largest absolute Gasteiger partial charge is 0.478 e. The van der Waals surface area contributed by atoms with E-state index in [1.165, 1.54) is 18.5 Å². The van der Waals surface area contributed by atoms with Crippen LogP contribution in [0, 0.1) is 0 Å². The van der Waals surface area contributed by atoms with Gasteiger partial charge < -0.3 is 10.0 Å². The standard InChI is InChI=1S/C19H20N2O2/c22-19(23)17-7-3-15(4-8-17)13-20-14-16-5-9-18(10-6-16)21-11-1-2-12-21/h3-10,14H,1-2,11-13H2,(H,22,23). The number of rotatable bonds is 5. The van der Waals surface area contributed by atoms with E-state index in [9.17, 15) is 4.79 Å². The lowest BCUT2D eigenvalue weighted by atomic mass is 10.1. The van der Waals surface area contributed by atoms with Crippen LogP contribution >= 0.6 is 0 Å². The fraction of sp³-hybridized carbons (Fsp3) is 0.263. The maximum atomic E-state index is 10.8. The molecule has 0 atom stereocenters. The third-order valence-corrected chi connectivity index (χ3v) is 4.08. The minimum atomic E-state index is -0.904. The van der Waals surface area contributed by atoms with Gasteiger partial charge in [0.2, 0.25) is 0 Å². The first-order chi connectivity index (χ1) is 11.2. The zero-order valence-electron chi connectivity index (χ0n) is 13.0. The summed E-state index contributed by atoms with van der Waals surface area (Å²) in [5.74, 6) is -0.904. The van der Waals surface area contributed by atoms with Crippen LogP contribution in [0.5, 0.6) is 0 Å². The second-order valence-electron chi connectivity index (χ2n) is 5.76. The van der Waals surface area contributed by atoms with E-state index in [4.69, 9.17) is 5.11 Å². The monoisotopic (exact) mass is 308 g/mol. The highest BCUT2D eigenvalue weighted by Crippen LogP contribution is 2.20. The lowest BCUT2D eigenvalue weighted by Crippen LogP contribution is -2.17. The van der Waals surface area contributed by atoms with Gasteiger partial charge in [0.05, 0.1) is 12.1 Å². The zero-order valence-corrected chi connectivity index (χ0v) is 13.0. The Balaban J connectivity index is 1.58. The number of carboxylic acids is 1. The van der Waals surface area contributed by atoms with Gasteiger partial charge in [-0.15, -0.1) is 0 Å². The molecule has 23 heavy (non-hydrogen) atoms. The predicted molar refractivity (Wildman–Crippen MR) is 92.6 cm³/mol. The molecular weight excluding hydrogens is 288 g/mol. The minimum Gasteiger partial charge on any atom is -0.478 e. The van der Waals surface area contributed by atoms with Crippen LogP contribution in [0.25, 0.3) is 0 Å². The molecule has 0 unspecified atom stereocenters. The third-order valence-electron chi connectivity index (χ3n) is 4.08. The molecule has 1 fully saturated rings. The molecule has 1 N–H and O–H groups in total. The average molecular weight is 308 g/mol. The van der Waals surface area contributed by atoms with Crippen molar-refractivity contribution in [3.63, 3.8) is 0 Å². The molecule has 0 saturated carbocycles. The zero-order chi connectivity index (χ0) is 16.1.